The van der Waals surface area contributed by atoms with Crippen LogP contribution in [0.1, 0.15) is 30.9 Å². The summed E-state index contributed by atoms with van der Waals surface area (Å²) < 4.78 is 0. The van der Waals surface area contributed by atoms with Crippen LogP contribution in [0.2, 0.25) is 0 Å². The Hall–Kier alpha value is -1.56. The minimum absolute atomic E-state index is 1.14. The van der Waals surface area contributed by atoms with Crippen molar-refractivity contribution in [2.24, 2.45) is 0 Å². The third-order valence-corrected chi connectivity index (χ3v) is 3.28. The first-order valence-corrected chi connectivity index (χ1v) is 5.58. The predicted octanol–water partition coefficient (Wildman–Crippen LogP) is 4.21. The lowest BCUT2D eigenvalue weighted by Crippen LogP contribution is -1.93. The molecule has 0 fully saturated rings. The Kier molecular flexibility index (Phi) is 1.88. The van der Waals surface area contributed by atoms with Crippen LogP contribution in [0.3, 0.4) is 0 Å². The topological polar surface area (TPSA) is 0 Å². The maximum atomic E-state index is 2.34. The molecule has 0 amide bonds. The Labute approximate surface area is 90.6 Å². The summed E-state index contributed by atoms with van der Waals surface area (Å²) in [5.41, 5.74) is 7.25. The highest BCUT2D eigenvalue weighted by molar-refractivity contribution is 5.96. The highest BCUT2D eigenvalue weighted by Crippen LogP contribution is 2.41. The number of allylic oxidation sites excluding steroid dienone is 5. The normalized spacial score (nSPS) is 17.5. The summed E-state index contributed by atoms with van der Waals surface area (Å²) in [6.07, 6.45) is 9.20. The first-order chi connectivity index (χ1) is 7.38. The monoisotopic (exact) mass is 194 g/mol. The van der Waals surface area contributed by atoms with E-state index in [1.807, 2.05) is 0 Å². The fourth-order valence-electron chi connectivity index (χ4n) is 2.40. The van der Waals surface area contributed by atoms with Gasteiger partial charge in [-0.25, -0.2) is 0 Å². The molecule has 0 aliphatic heterocycles. The van der Waals surface area contributed by atoms with Crippen molar-refractivity contribution in [3.63, 3.8) is 0 Å². The summed E-state index contributed by atoms with van der Waals surface area (Å²) in [5, 5.41) is 0. The van der Waals surface area contributed by atoms with Crippen LogP contribution in [0.15, 0.2) is 47.6 Å². The summed E-state index contributed by atoms with van der Waals surface area (Å²) >= 11 is 0. The van der Waals surface area contributed by atoms with E-state index < -0.39 is 0 Å². The van der Waals surface area contributed by atoms with E-state index >= 15 is 0 Å². The van der Waals surface area contributed by atoms with Gasteiger partial charge in [0.25, 0.3) is 0 Å². The van der Waals surface area contributed by atoms with Gasteiger partial charge >= 0.3 is 0 Å². The molecule has 0 bridgehead atoms. The van der Waals surface area contributed by atoms with Crippen molar-refractivity contribution in [3.05, 3.63) is 58.7 Å². The predicted molar refractivity (Wildman–Crippen MR) is 65.4 cm³/mol. The molecular formula is C15H14. The van der Waals surface area contributed by atoms with Gasteiger partial charge < -0.3 is 0 Å². The minimum atomic E-state index is 1.14. The summed E-state index contributed by atoms with van der Waals surface area (Å²) in [6, 6.07) is 8.65. The van der Waals surface area contributed by atoms with Gasteiger partial charge in [-0.2, -0.15) is 0 Å². The zero-order valence-corrected chi connectivity index (χ0v) is 8.96. The molecule has 0 saturated carbocycles. The van der Waals surface area contributed by atoms with Crippen molar-refractivity contribution >= 4 is 11.6 Å². The van der Waals surface area contributed by atoms with Crippen molar-refractivity contribution in [2.45, 2.75) is 19.8 Å². The first-order valence-electron chi connectivity index (χ1n) is 5.58. The van der Waals surface area contributed by atoms with E-state index in [4.69, 9.17) is 0 Å². The van der Waals surface area contributed by atoms with Gasteiger partial charge in [-0.3, -0.25) is 0 Å². The molecular weight excluding hydrogens is 180 g/mol. The molecule has 0 saturated heterocycles. The van der Waals surface area contributed by atoms with Gasteiger partial charge in [0.1, 0.15) is 0 Å². The fourth-order valence-corrected chi connectivity index (χ4v) is 2.40. The quantitative estimate of drug-likeness (QED) is 0.628. The third kappa shape index (κ3) is 1.29. The second kappa shape index (κ2) is 3.23. The van der Waals surface area contributed by atoms with Crippen LogP contribution in [-0.2, 0) is 0 Å². The van der Waals surface area contributed by atoms with Gasteiger partial charge in [0.05, 0.1) is 0 Å². The maximum absolute atomic E-state index is 2.34. The summed E-state index contributed by atoms with van der Waals surface area (Å²) in [5.74, 6) is 0. The Morgan fingerprint density at radius 3 is 2.87 bits per heavy atom. The van der Waals surface area contributed by atoms with Crippen molar-refractivity contribution in [2.75, 3.05) is 0 Å². The molecule has 2 aliphatic carbocycles. The number of hydrogen-bond acceptors (Lipinski definition) is 0. The Morgan fingerprint density at radius 1 is 1.13 bits per heavy atom. The van der Waals surface area contributed by atoms with Gasteiger partial charge in [-0.15, -0.1) is 0 Å². The largest absolute Gasteiger partial charge is 0.0661 e. The lowest BCUT2D eigenvalue weighted by Gasteiger charge is -2.13. The van der Waals surface area contributed by atoms with Gasteiger partial charge in [0.15, 0.2) is 0 Å². The number of hydrogen-bond donors (Lipinski definition) is 0. The second-order valence-corrected chi connectivity index (χ2v) is 4.19. The molecule has 74 valence electrons. The molecule has 1 aromatic carbocycles. The van der Waals surface area contributed by atoms with Crippen molar-refractivity contribution in [1.82, 2.24) is 0 Å². The van der Waals surface area contributed by atoms with Crippen LogP contribution >= 0.6 is 0 Å². The lowest BCUT2D eigenvalue weighted by molar-refractivity contribution is 1.01. The van der Waals surface area contributed by atoms with Crippen molar-refractivity contribution < 1.29 is 0 Å². The SMILES string of the molecule is CCC1=CC=C2C(=Cc3ccccc32)C1. The van der Waals surface area contributed by atoms with Gasteiger partial charge in [0, 0.05) is 0 Å². The zero-order chi connectivity index (χ0) is 10.3. The van der Waals surface area contributed by atoms with Crippen LogP contribution in [0.5, 0.6) is 0 Å². The number of benzene rings is 1. The van der Waals surface area contributed by atoms with E-state index in [9.17, 15) is 0 Å². The van der Waals surface area contributed by atoms with E-state index in [-0.39, 0.29) is 0 Å². The van der Waals surface area contributed by atoms with E-state index in [0.29, 0.717) is 0 Å². The molecule has 3 rings (SSSR count). The van der Waals surface area contributed by atoms with Crippen molar-refractivity contribution in [3.8, 4) is 0 Å². The van der Waals surface area contributed by atoms with E-state index in [1.165, 1.54) is 27.8 Å². The molecule has 0 heteroatoms. The molecule has 0 nitrogen and oxygen atoms in total. The second-order valence-electron chi connectivity index (χ2n) is 4.19. The summed E-state index contributed by atoms with van der Waals surface area (Å²) in [6.45, 7) is 2.23. The molecule has 2 aliphatic rings. The standard InChI is InChI=1S/C15H14/c1-2-11-7-8-15-13(9-11)10-12-5-3-4-6-14(12)15/h3-8,10H,2,9H2,1H3. The van der Waals surface area contributed by atoms with Gasteiger partial charge in [0.2, 0.25) is 0 Å². The van der Waals surface area contributed by atoms with E-state index in [1.54, 1.807) is 0 Å². The van der Waals surface area contributed by atoms with Crippen LogP contribution in [-0.4, -0.2) is 0 Å². The smallest absolute Gasteiger partial charge is 0.00577 e. The average Bonchev–Trinajstić information content (AvgIpc) is 2.66. The fraction of sp³-hybridized carbons (Fsp3) is 0.200. The molecule has 15 heavy (non-hydrogen) atoms. The molecule has 0 unspecified atom stereocenters. The minimum Gasteiger partial charge on any atom is -0.0661 e. The first kappa shape index (κ1) is 8.72. The van der Waals surface area contributed by atoms with Gasteiger partial charge in [-0.05, 0) is 35.1 Å². The lowest BCUT2D eigenvalue weighted by atomic mass is 9.91. The number of rotatable bonds is 1. The van der Waals surface area contributed by atoms with Crippen LogP contribution in [0.25, 0.3) is 11.6 Å². The molecule has 0 radical (unpaired) electrons. The zero-order valence-electron chi connectivity index (χ0n) is 8.96. The summed E-state index contributed by atoms with van der Waals surface area (Å²) in [4.78, 5) is 0. The number of fused-ring (bicyclic) bond motifs is 3. The third-order valence-electron chi connectivity index (χ3n) is 3.28. The molecule has 0 aromatic heterocycles. The van der Waals surface area contributed by atoms with E-state index in [2.05, 4.69) is 49.4 Å². The molecule has 0 heterocycles. The highest BCUT2D eigenvalue weighted by atomic mass is 14.2. The van der Waals surface area contributed by atoms with E-state index in [0.717, 1.165) is 12.8 Å². The molecule has 0 spiro atoms. The Bertz CT molecular complexity index is 499. The van der Waals surface area contributed by atoms with Crippen molar-refractivity contribution in [1.29, 1.82) is 0 Å². The van der Waals surface area contributed by atoms with Crippen LogP contribution in [0, 0.1) is 0 Å². The van der Waals surface area contributed by atoms with Crippen LogP contribution in [0.4, 0.5) is 0 Å². The Balaban J connectivity index is 2.11. The maximum Gasteiger partial charge on any atom is -0.00577 e. The Morgan fingerprint density at radius 2 is 2.00 bits per heavy atom. The van der Waals surface area contributed by atoms with Crippen LogP contribution < -0.4 is 0 Å². The molecule has 0 N–H and O–H groups in total. The average molecular weight is 194 g/mol. The van der Waals surface area contributed by atoms with Gasteiger partial charge in [-0.1, -0.05) is 55.0 Å². The summed E-state index contributed by atoms with van der Waals surface area (Å²) in [7, 11) is 0. The molecule has 1 aromatic rings. The molecule has 0 atom stereocenters. The highest BCUT2D eigenvalue weighted by Gasteiger charge is 2.20.